The predicted octanol–water partition coefficient (Wildman–Crippen LogP) is 4.23. The van der Waals surface area contributed by atoms with E-state index in [4.69, 9.17) is 0 Å². The summed E-state index contributed by atoms with van der Waals surface area (Å²) in [6, 6.07) is 5.95. The van der Waals surface area contributed by atoms with Crippen molar-refractivity contribution in [3.05, 3.63) is 38.7 Å². The molecule has 0 bridgehead atoms. The molecule has 0 spiro atoms. The molecule has 2 nitrogen and oxygen atoms in total. The van der Waals surface area contributed by atoms with Crippen LogP contribution in [0.3, 0.4) is 0 Å². The van der Waals surface area contributed by atoms with Gasteiger partial charge in [0.15, 0.2) is 0 Å². The molecule has 2 heterocycles. The van der Waals surface area contributed by atoms with Crippen LogP contribution in [0.15, 0.2) is 33.9 Å². The summed E-state index contributed by atoms with van der Waals surface area (Å²) in [6.07, 6.45) is 0. The molecule has 0 aliphatic heterocycles. The van der Waals surface area contributed by atoms with Crippen LogP contribution < -0.4 is 5.32 Å². The molecule has 0 aliphatic rings. The first-order chi connectivity index (χ1) is 8.58. The zero-order valence-electron chi connectivity index (χ0n) is 10.2. The fourth-order valence-corrected chi connectivity index (χ4v) is 3.69. The van der Waals surface area contributed by atoms with Gasteiger partial charge in [0.05, 0.1) is 10.9 Å². The first kappa shape index (κ1) is 13.6. The van der Waals surface area contributed by atoms with Crippen molar-refractivity contribution in [2.45, 2.75) is 24.8 Å². The smallest absolute Gasteiger partial charge is 0.261 e. The molecule has 0 aromatic carbocycles. The standard InChI is InChI=1S/C13H15NOS3/c1-8(2)12(10-4-3-5-17-10)14-13(15)11-6-9(16)7-18-11/h3-8,12,16H,1-2H3,(H,14,15). The maximum atomic E-state index is 12.1. The van der Waals surface area contributed by atoms with Crippen molar-refractivity contribution < 1.29 is 4.79 Å². The van der Waals surface area contributed by atoms with Crippen LogP contribution in [0, 0.1) is 5.92 Å². The molecule has 0 saturated heterocycles. The van der Waals surface area contributed by atoms with Crippen LogP contribution in [0.4, 0.5) is 0 Å². The normalized spacial score (nSPS) is 12.7. The second kappa shape index (κ2) is 5.91. The highest BCUT2D eigenvalue weighted by Gasteiger charge is 2.20. The van der Waals surface area contributed by atoms with Gasteiger partial charge in [0.1, 0.15) is 0 Å². The molecule has 1 amide bonds. The van der Waals surface area contributed by atoms with E-state index >= 15 is 0 Å². The fourth-order valence-electron chi connectivity index (χ4n) is 1.69. The summed E-state index contributed by atoms with van der Waals surface area (Å²) in [5.74, 6) is 0.343. The summed E-state index contributed by atoms with van der Waals surface area (Å²) in [5.41, 5.74) is 0. The molecular formula is C13H15NOS3. The number of carbonyl (C=O) groups excluding carboxylic acids is 1. The molecule has 2 rings (SSSR count). The maximum absolute atomic E-state index is 12.1. The van der Waals surface area contributed by atoms with Crippen LogP contribution in [0.25, 0.3) is 0 Å². The highest BCUT2D eigenvalue weighted by molar-refractivity contribution is 7.80. The lowest BCUT2D eigenvalue weighted by Gasteiger charge is -2.20. The summed E-state index contributed by atoms with van der Waals surface area (Å²) in [7, 11) is 0. The van der Waals surface area contributed by atoms with Gasteiger partial charge in [0, 0.05) is 15.2 Å². The molecule has 2 aromatic heterocycles. The lowest BCUT2D eigenvalue weighted by atomic mass is 10.0. The second-order valence-corrected chi connectivity index (χ2v) is 6.79. The van der Waals surface area contributed by atoms with Gasteiger partial charge >= 0.3 is 0 Å². The third-order valence-corrected chi connectivity index (χ3v) is 4.93. The van der Waals surface area contributed by atoms with Crippen molar-refractivity contribution in [1.29, 1.82) is 0 Å². The minimum absolute atomic E-state index is 0.0209. The molecule has 2 aromatic rings. The Morgan fingerprint density at radius 3 is 2.67 bits per heavy atom. The molecule has 18 heavy (non-hydrogen) atoms. The van der Waals surface area contributed by atoms with Crippen molar-refractivity contribution in [3.8, 4) is 0 Å². The Labute approximate surface area is 120 Å². The van der Waals surface area contributed by atoms with Crippen LogP contribution in [0.1, 0.15) is 34.4 Å². The minimum atomic E-state index is -0.0209. The van der Waals surface area contributed by atoms with Gasteiger partial charge < -0.3 is 5.32 Å². The van der Waals surface area contributed by atoms with Crippen LogP contribution in [-0.2, 0) is 0 Å². The lowest BCUT2D eigenvalue weighted by molar-refractivity contribution is 0.0930. The van der Waals surface area contributed by atoms with E-state index < -0.39 is 0 Å². The second-order valence-electron chi connectivity index (χ2n) is 4.38. The summed E-state index contributed by atoms with van der Waals surface area (Å²) in [4.78, 5) is 14.9. The van der Waals surface area contributed by atoms with Crippen molar-refractivity contribution in [3.63, 3.8) is 0 Å². The van der Waals surface area contributed by atoms with Crippen molar-refractivity contribution >= 4 is 41.2 Å². The van der Waals surface area contributed by atoms with Gasteiger partial charge in [-0.15, -0.1) is 35.3 Å². The largest absolute Gasteiger partial charge is 0.343 e. The predicted molar refractivity (Wildman–Crippen MR) is 80.9 cm³/mol. The zero-order chi connectivity index (χ0) is 13.1. The van der Waals surface area contributed by atoms with Gasteiger partial charge in [-0.05, 0) is 23.4 Å². The molecule has 5 heteroatoms. The summed E-state index contributed by atoms with van der Waals surface area (Å²) in [5, 5.41) is 7.00. The van der Waals surface area contributed by atoms with Crippen LogP contribution in [0.2, 0.25) is 0 Å². The number of hydrogen-bond acceptors (Lipinski definition) is 4. The summed E-state index contributed by atoms with van der Waals surface area (Å²) >= 11 is 7.32. The highest BCUT2D eigenvalue weighted by Crippen LogP contribution is 2.27. The average molecular weight is 297 g/mol. The fraction of sp³-hybridized carbons (Fsp3) is 0.308. The Balaban J connectivity index is 2.13. The molecule has 0 aliphatic carbocycles. The van der Waals surface area contributed by atoms with Gasteiger partial charge in [-0.1, -0.05) is 19.9 Å². The molecule has 0 radical (unpaired) electrons. The van der Waals surface area contributed by atoms with Gasteiger partial charge in [0.25, 0.3) is 5.91 Å². The summed E-state index contributed by atoms with van der Waals surface area (Å²) < 4.78 is 0. The van der Waals surface area contributed by atoms with E-state index in [-0.39, 0.29) is 11.9 Å². The van der Waals surface area contributed by atoms with Crippen molar-refractivity contribution in [1.82, 2.24) is 5.32 Å². The molecule has 1 unspecified atom stereocenters. The monoisotopic (exact) mass is 297 g/mol. The van der Waals surface area contributed by atoms with E-state index in [0.717, 1.165) is 4.90 Å². The number of thiol groups is 1. The van der Waals surface area contributed by atoms with E-state index in [1.54, 1.807) is 17.4 Å². The topological polar surface area (TPSA) is 29.1 Å². The average Bonchev–Trinajstić information content (AvgIpc) is 2.95. The Morgan fingerprint density at radius 1 is 1.39 bits per heavy atom. The Hall–Kier alpha value is -0.780. The Kier molecular flexibility index (Phi) is 4.48. The van der Waals surface area contributed by atoms with Crippen molar-refractivity contribution in [2.24, 2.45) is 5.92 Å². The highest BCUT2D eigenvalue weighted by atomic mass is 32.1. The molecule has 96 valence electrons. The van der Waals surface area contributed by atoms with Gasteiger partial charge in [0.2, 0.25) is 0 Å². The van der Waals surface area contributed by atoms with Crippen LogP contribution in [-0.4, -0.2) is 5.91 Å². The van der Waals surface area contributed by atoms with E-state index in [0.29, 0.717) is 10.8 Å². The van der Waals surface area contributed by atoms with E-state index in [1.165, 1.54) is 16.2 Å². The quantitative estimate of drug-likeness (QED) is 0.813. The third-order valence-electron chi connectivity index (χ3n) is 2.61. The van der Waals surface area contributed by atoms with E-state index in [9.17, 15) is 4.79 Å². The number of amides is 1. The van der Waals surface area contributed by atoms with Crippen LogP contribution in [0.5, 0.6) is 0 Å². The van der Waals surface area contributed by atoms with Gasteiger partial charge in [-0.3, -0.25) is 4.79 Å². The van der Waals surface area contributed by atoms with Crippen LogP contribution >= 0.6 is 35.3 Å². The SMILES string of the molecule is CC(C)C(NC(=O)c1cc(S)cs1)c1cccs1. The van der Waals surface area contributed by atoms with Gasteiger partial charge in [-0.25, -0.2) is 0 Å². The molecule has 1 N–H and O–H groups in total. The zero-order valence-corrected chi connectivity index (χ0v) is 12.7. The first-order valence-electron chi connectivity index (χ1n) is 5.69. The Bertz CT molecular complexity index is 516. The lowest BCUT2D eigenvalue weighted by Crippen LogP contribution is -2.30. The third kappa shape index (κ3) is 3.16. The summed E-state index contributed by atoms with van der Waals surface area (Å²) in [6.45, 7) is 4.23. The maximum Gasteiger partial charge on any atom is 0.261 e. The van der Waals surface area contributed by atoms with E-state index in [2.05, 4.69) is 37.9 Å². The van der Waals surface area contributed by atoms with Crippen molar-refractivity contribution in [2.75, 3.05) is 0 Å². The molecule has 0 saturated carbocycles. The Morgan fingerprint density at radius 2 is 2.17 bits per heavy atom. The number of rotatable bonds is 4. The number of nitrogens with one attached hydrogen (secondary N) is 1. The number of hydrogen-bond donors (Lipinski definition) is 2. The minimum Gasteiger partial charge on any atom is -0.343 e. The molecule has 0 fully saturated rings. The van der Waals surface area contributed by atoms with Gasteiger partial charge in [-0.2, -0.15) is 0 Å². The number of carbonyl (C=O) groups is 1. The number of thiophene rings is 2. The molecule has 1 atom stereocenters. The first-order valence-corrected chi connectivity index (χ1v) is 7.90. The van der Waals surface area contributed by atoms with E-state index in [1.807, 2.05) is 16.8 Å². The molecular weight excluding hydrogens is 282 g/mol.